The minimum Gasteiger partial charge on any atom is -0.481 e. The van der Waals surface area contributed by atoms with Crippen LogP contribution < -0.4 is 10.6 Å². The third-order valence-corrected chi connectivity index (χ3v) is 5.01. The maximum atomic E-state index is 12.1. The van der Waals surface area contributed by atoms with Gasteiger partial charge >= 0.3 is 12.0 Å². The molecule has 0 bridgehead atoms. The highest BCUT2D eigenvalue weighted by molar-refractivity contribution is 5.76. The van der Waals surface area contributed by atoms with Crippen LogP contribution in [0.4, 0.5) is 4.79 Å². The second-order valence-corrected chi connectivity index (χ2v) is 6.57. The molecule has 0 radical (unpaired) electrons. The smallest absolute Gasteiger partial charge is 0.315 e. The third kappa shape index (κ3) is 3.87. The van der Waals surface area contributed by atoms with E-state index in [1.54, 1.807) is 0 Å². The van der Waals surface area contributed by atoms with Crippen molar-refractivity contribution in [2.24, 2.45) is 5.41 Å². The van der Waals surface area contributed by atoms with E-state index in [4.69, 9.17) is 5.11 Å². The summed E-state index contributed by atoms with van der Waals surface area (Å²) in [5.41, 5.74) is -0.235. The van der Waals surface area contributed by atoms with Crippen molar-refractivity contribution in [2.75, 3.05) is 6.54 Å². The summed E-state index contributed by atoms with van der Waals surface area (Å²) in [7, 11) is 0. The van der Waals surface area contributed by atoms with Crippen LogP contribution >= 0.6 is 0 Å². The molecule has 0 atom stereocenters. The van der Waals surface area contributed by atoms with Crippen LogP contribution in [-0.2, 0) is 4.79 Å². The zero-order chi connectivity index (χ0) is 14.6. The van der Waals surface area contributed by atoms with E-state index >= 15 is 0 Å². The standard InChI is InChI=1S/C15H26N2O3/c1-2-14(8-9-14)11-16-13(20)17-15(10-12(18)19)6-4-3-5-7-15/h2-11H2,1H3,(H,18,19)(H2,16,17,20). The Labute approximate surface area is 120 Å². The van der Waals surface area contributed by atoms with Crippen LogP contribution in [0.3, 0.4) is 0 Å². The largest absolute Gasteiger partial charge is 0.481 e. The lowest BCUT2D eigenvalue weighted by molar-refractivity contribution is -0.139. The number of carboxylic acid groups (broad SMARTS) is 1. The highest BCUT2D eigenvalue weighted by atomic mass is 16.4. The predicted octanol–water partition coefficient (Wildman–Crippen LogP) is 2.65. The minimum atomic E-state index is -0.834. The van der Waals surface area contributed by atoms with Gasteiger partial charge in [-0.2, -0.15) is 0 Å². The Kier molecular flexibility index (Phi) is 4.55. The lowest BCUT2D eigenvalue weighted by Crippen LogP contribution is -2.54. The molecular weight excluding hydrogens is 256 g/mol. The molecule has 0 aliphatic heterocycles. The Bertz CT molecular complexity index is 371. The van der Waals surface area contributed by atoms with Gasteiger partial charge in [-0.3, -0.25) is 4.79 Å². The first-order valence-corrected chi connectivity index (χ1v) is 7.77. The first-order chi connectivity index (χ1) is 9.49. The van der Waals surface area contributed by atoms with E-state index in [0.717, 1.165) is 38.5 Å². The number of carbonyl (C=O) groups is 2. The van der Waals surface area contributed by atoms with Crippen LogP contribution in [0.5, 0.6) is 0 Å². The number of amides is 2. The van der Waals surface area contributed by atoms with Crippen LogP contribution in [0.1, 0.15) is 64.7 Å². The van der Waals surface area contributed by atoms with Crippen molar-refractivity contribution in [3.05, 3.63) is 0 Å². The van der Waals surface area contributed by atoms with Crippen molar-refractivity contribution in [1.82, 2.24) is 10.6 Å². The highest BCUT2D eigenvalue weighted by Crippen LogP contribution is 2.47. The fourth-order valence-corrected chi connectivity index (χ4v) is 3.25. The summed E-state index contributed by atoms with van der Waals surface area (Å²) in [5, 5.41) is 15.0. The Morgan fingerprint density at radius 3 is 2.25 bits per heavy atom. The van der Waals surface area contributed by atoms with Crippen molar-refractivity contribution in [2.45, 2.75) is 70.3 Å². The maximum Gasteiger partial charge on any atom is 0.315 e. The molecule has 0 unspecified atom stereocenters. The molecule has 3 N–H and O–H groups in total. The van der Waals surface area contributed by atoms with Gasteiger partial charge in [0.05, 0.1) is 12.0 Å². The van der Waals surface area contributed by atoms with Gasteiger partial charge in [0, 0.05) is 6.54 Å². The highest BCUT2D eigenvalue weighted by Gasteiger charge is 2.41. The van der Waals surface area contributed by atoms with E-state index in [1.807, 2.05) is 0 Å². The molecule has 0 saturated heterocycles. The van der Waals surface area contributed by atoms with Crippen molar-refractivity contribution in [3.63, 3.8) is 0 Å². The maximum absolute atomic E-state index is 12.1. The fraction of sp³-hybridized carbons (Fsp3) is 0.867. The number of urea groups is 1. The average molecular weight is 282 g/mol. The second kappa shape index (κ2) is 6.02. The quantitative estimate of drug-likeness (QED) is 0.700. The Hall–Kier alpha value is -1.26. The van der Waals surface area contributed by atoms with Gasteiger partial charge in [0.1, 0.15) is 0 Å². The number of rotatable bonds is 6. The van der Waals surface area contributed by atoms with E-state index in [0.29, 0.717) is 12.0 Å². The SMILES string of the molecule is CCC1(CNC(=O)NC2(CC(=O)O)CCCCC2)CC1. The Balaban J connectivity index is 1.86. The molecule has 114 valence electrons. The first-order valence-electron chi connectivity index (χ1n) is 7.77. The molecule has 5 nitrogen and oxygen atoms in total. The summed E-state index contributed by atoms with van der Waals surface area (Å²) < 4.78 is 0. The fourth-order valence-electron chi connectivity index (χ4n) is 3.25. The zero-order valence-electron chi connectivity index (χ0n) is 12.3. The molecule has 2 aliphatic rings. The summed E-state index contributed by atoms with van der Waals surface area (Å²) >= 11 is 0. The van der Waals surface area contributed by atoms with Crippen molar-refractivity contribution >= 4 is 12.0 Å². The normalized spacial score (nSPS) is 22.9. The number of hydrogen-bond acceptors (Lipinski definition) is 2. The summed E-state index contributed by atoms with van der Waals surface area (Å²) in [5.74, 6) is -0.834. The molecule has 2 aliphatic carbocycles. The van der Waals surface area contributed by atoms with E-state index in [-0.39, 0.29) is 12.5 Å². The molecule has 2 fully saturated rings. The molecule has 0 heterocycles. The van der Waals surface area contributed by atoms with Crippen molar-refractivity contribution < 1.29 is 14.7 Å². The summed E-state index contributed by atoms with van der Waals surface area (Å²) in [6.45, 7) is 2.86. The molecule has 0 spiro atoms. The molecule has 20 heavy (non-hydrogen) atoms. The van der Waals surface area contributed by atoms with E-state index in [9.17, 15) is 9.59 Å². The van der Waals surface area contributed by atoms with E-state index in [1.165, 1.54) is 12.8 Å². The number of carboxylic acids is 1. The zero-order valence-corrected chi connectivity index (χ0v) is 12.3. The molecule has 2 rings (SSSR count). The Morgan fingerprint density at radius 1 is 1.10 bits per heavy atom. The van der Waals surface area contributed by atoms with Crippen LogP contribution in [0.2, 0.25) is 0 Å². The molecule has 2 saturated carbocycles. The van der Waals surface area contributed by atoms with Gasteiger partial charge in [-0.25, -0.2) is 4.79 Å². The molecule has 2 amide bonds. The van der Waals surface area contributed by atoms with Crippen molar-refractivity contribution in [1.29, 1.82) is 0 Å². The summed E-state index contributed by atoms with van der Waals surface area (Å²) in [6, 6.07) is -0.201. The second-order valence-electron chi connectivity index (χ2n) is 6.57. The molecule has 5 heteroatoms. The third-order valence-electron chi connectivity index (χ3n) is 5.01. The lowest BCUT2D eigenvalue weighted by Gasteiger charge is -2.37. The van der Waals surface area contributed by atoms with Gasteiger partial charge in [0.2, 0.25) is 0 Å². The topological polar surface area (TPSA) is 78.4 Å². The van der Waals surface area contributed by atoms with Crippen LogP contribution in [-0.4, -0.2) is 29.2 Å². The monoisotopic (exact) mass is 282 g/mol. The van der Waals surface area contributed by atoms with E-state index < -0.39 is 11.5 Å². The number of carbonyl (C=O) groups excluding carboxylic acids is 1. The van der Waals surface area contributed by atoms with Gasteiger partial charge in [0.15, 0.2) is 0 Å². The molecule has 0 aromatic rings. The lowest BCUT2D eigenvalue weighted by atomic mass is 9.79. The van der Waals surface area contributed by atoms with Gasteiger partial charge < -0.3 is 15.7 Å². The summed E-state index contributed by atoms with van der Waals surface area (Å²) in [4.78, 5) is 23.1. The first kappa shape index (κ1) is 15.1. The molecule has 0 aromatic carbocycles. The van der Waals surface area contributed by atoms with E-state index in [2.05, 4.69) is 17.6 Å². The van der Waals surface area contributed by atoms with Gasteiger partial charge in [-0.05, 0) is 37.5 Å². The molecule has 0 aromatic heterocycles. The van der Waals surface area contributed by atoms with Crippen LogP contribution in [0.15, 0.2) is 0 Å². The van der Waals surface area contributed by atoms with Gasteiger partial charge in [0.25, 0.3) is 0 Å². The molecular formula is C15H26N2O3. The van der Waals surface area contributed by atoms with Gasteiger partial charge in [-0.1, -0.05) is 26.2 Å². The van der Waals surface area contributed by atoms with Crippen molar-refractivity contribution in [3.8, 4) is 0 Å². The van der Waals surface area contributed by atoms with Crippen LogP contribution in [0.25, 0.3) is 0 Å². The number of nitrogens with one attached hydrogen (secondary N) is 2. The average Bonchev–Trinajstić information content (AvgIpc) is 3.17. The van der Waals surface area contributed by atoms with Crippen LogP contribution in [0, 0.1) is 5.41 Å². The minimum absolute atomic E-state index is 0.0271. The predicted molar refractivity (Wildman–Crippen MR) is 76.6 cm³/mol. The number of hydrogen-bond donors (Lipinski definition) is 3. The Morgan fingerprint density at radius 2 is 1.75 bits per heavy atom. The van der Waals surface area contributed by atoms with Gasteiger partial charge in [-0.15, -0.1) is 0 Å². The summed E-state index contributed by atoms with van der Waals surface area (Å²) in [6.07, 6.45) is 8.14. The number of aliphatic carboxylic acids is 1.